The zero-order valence-electron chi connectivity index (χ0n) is 29.4. The van der Waals surface area contributed by atoms with Crippen molar-refractivity contribution in [3.8, 4) is 0 Å². The van der Waals surface area contributed by atoms with Gasteiger partial charge in [0.1, 0.15) is 5.84 Å². The Hall–Kier alpha value is -4.41. The molecule has 0 aromatic heterocycles. The first-order valence-electron chi connectivity index (χ1n) is 17.2. The average molecular weight is 638 g/mol. The van der Waals surface area contributed by atoms with E-state index in [9.17, 15) is 0 Å². The van der Waals surface area contributed by atoms with Crippen LogP contribution in [0.3, 0.4) is 0 Å². The van der Waals surface area contributed by atoms with Crippen molar-refractivity contribution < 1.29 is 0 Å². The Bertz CT molecular complexity index is 1680. The molecule has 0 unspecified atom stereocenters. The van der Waals surface area contributed by atoms with Gasteiger partial charge in [0.25, 0.3) is 0 Å². The van der Waals surface area contributed by atoms with Crippen molar-refractivity contribution in [3.05, 3.63) is 155 Å². The van der Waals surface area contributed by atoms with Crippen LogP contribution in [0, 0.1) is 0 Å². The van der Waals surface area contributed by atoms with Gasteiger partial charge >= 0.3 is 8.40 Å². The average Bonchev–Trinajstić information content (AvgIpc) is 3.08. The summed E-state index contributed by atoms with van der Waals surface area (Å²) in [5.74, 6) is 2.26. The van der Waals surface area contributed by atoms with Crippen molar-refractivity contribution >= 4 is 36.0 Å². The lowest BCUT2D eigenvalue weighted by Gasteiger charge is -2.34. The number of para-hydroxylation sites is 2. The highest BCUT2D eigenvalue weighted by molar-refractivity contribution is 7.04. The fraction of sp³-hybridized carbons (Fsp3) is 0.279. The van der Waals surface area contributed by atoms with Gasteiger partial charge in [-0.2, -0.15) is 0 Å². The van der Waals surface area contributed by atoms with Crippen LogP contribution in [-0.2, 0) is 0 Å². The predicted octanol–water partition coefficient (Wildman–Crippen LogP) is 10.4. The first-order valence-corrected chi connectivity index (χ1v) is 19.1. The third-order valence-electron chi connectivity index (χ3n) is 9.01. The normalized spacial score (nSPS) is 12.3. The smallest absolute Gasteiger partial charge is 0.349 e. The van der Waals surface area contributed by atoms with Gasteiger partial charge in [-0.15, -0.1) is 0 Å². The third-order valence-corrected chi connectivity index (χ3v) is 12.5. The number of hydrogen-bond acceptors (Lipinski definition) is 2. The van der Waals surface area contributed by atoms with Crippen LogP contribution in [0.2, 0.25) is 0 Å². The molecule has 0 aliphatic carbocycles. The molecular weight excluding hydrogens is 587 g/mol. The molecule has 0 amide bonds. The molecule has 3 nitrogen and oxygen atoms in total. The largest absolute Gasteiger partial charge is 0.386 e. The molecule has 0 radical (unpaired) electrons. The molecule has 0 aliphatic rings. The van der Waals surface area contributed by atoms with Crippen molar-refractivity contribution in [2.24, 2.45) is 4.66 Å². The lowest BCUT2D eigenvalue weighted by Crippen LogP contribution is -2.64. The van der Waals surface area contributed by atoms with E-state index in [-0.39, 0.29) is 0 Å². The highest BCUT2D eigenvalue weighted by Gasteiger charge is 2.41. The maximum absolute atomic E-state index is 6.04. The Morgan fingerprint density at radius 3 is 1.19 bits per heavy atom. The van der Waals surface area contributed by atoms with Crippen LogP contribution in [0.4, 0.5) is 11.4 Å². The molecule has 0 heterocycles. The number of rotatable bonds is 11. The van der Waals surface area contributed by atoms with Crippen molar-refractivity contribution in [2.45, 2.75) is 79.1 Å². The summed E-state index contributed by atoms with van der Waals surface area (Å²) in [5.41, 5.74) is 8.66. The Morgan fingerprint density at radius 2 is 0.809 bits per heavy atom. The molecule has 0 saturated carbocycles. The first-order chi connectivity index (χ1) is 22.6. The number of nitrogens with one attached hydrogen (secondary N) is 2. The van der Waals surface area contributed by atoms with Crippen molar-refractivity contribution in [1.82, 2.24) is 0 Å². The molecule has 5 rings (SSSR count). The number of hydrogen-bond donors (Lipinski definition) is 2. The Kier molecular flexibility index (Phi) is 10.8. The van der Waals surface area contributed by atoms with E-state index in [1.165, 1.54) is 38.3 Å². The van der Waals surface area contributed by atoms with Crippen LogP contribution < -0.4 is 20.7 Å². The second kappa shape index (κ2) is 15.0. The predicted molar refractivity (Wildman–Crippen MR) is 207 cm³/mol. The first kappa shape index (κ1) is 33.9. The van der Waals surface area contributed by atoms with Crippen LogP contribution in [-0.4, -0.2) is 14.2 Å². The van der Waals surface area contributed by atoms with Crippen molar-refractivity contribution in [3.63, 3.8) is 0 Å². The number of anilines is 2. The molecule has 0 aliphatic heterocycles. The van der Waals surface area contributed by atoms with Gasteiger partial charge in [0, 0.05) is 16.9 Å². The number of amidine groups is 1. The summed E-state index contributed by atoms with van der Waals surface area (Å²) in [7, 11) is -3.16. The third kappa shape index (κ3) is 7.44. The molecule has 4 heteroatoms. The molecule has 0 spiro atoms. The van der Waals surface area contributed by atoms with Gasteiger partial charge in [0.2, 0.25) is 0 Å². The molecule has 47 heavy (non-hydrogen) atoms. The second-order valence-corrected chi connectivity index (χ2v) is 16.8. The summed E-state index contributed by atoms with van der Waals surface area (Å²) in [6.07, 6.45) is 0. The van der Waals surface area contributed by atoms with E-state index in [4.69, 9.17) is 4.66 Å². The monoisotopic (exact) mass is 637 g/mol. The van der Waals surface area contributed by atoms with Gasteiger partial charge in [0.15, 0.2) is 0 Å². The van der Waals surface area contributed by atoms with E-state index in [1.807, 2.05) is 0 Å². The van der Waals surface area contributed by atoms with Gasteiger partial charge < -0.3 is 10.3 Å². The minimum Gasteiger partial charge on any atom is -0.386 e. The molecule has 0 saturated heterocycles. The van der Waals surface area contributed by atoms with Crippen molar-refractivity contribution in [1.29, 1.82) is 0 Å². The Balaban J connectivity index is 1.89. The van der Waals surface area contributed by atoms with E-state index in [1.54, 1.807) is 0 Å². The van der Waals surface area contributed by atoms with Crippen LogP contribution >= 0.6 is 0 Å². The minimum absolute atomic E-state index is 0.344. The SMILES string of the molecule is CC(C)c1cccc(C(C)C)c1N/C(=N\[Si](Nc1c(C(C)C)cccc1C(C)C)(c1ccccc1)c1ccccc1)c1ccccc1. The maximum atomic E-state index is 6.04. The molecule has 5 aromatic rings. The van der Waals surface area contributed by atoms with Gasteiger partial charge in [-0.05, 0) is 56.3 Å². The lowest BCUT2D eigenvalue weighted by atomic mass is 9.92. The van der Waals surface area contributed by atoms with E-state index >= 15 is 0 Å². The topological polar surface area (TPSA) is 36.4 Å². The number of benzene rings is 5. The summed E-state index contributed by atoms with van der Waals surface area (Å²) in [6.45, 7) is 18.2. The fourth-order valence-electron chi connectivity index (χ4n) is 6.45. The van der Waals surface area contributed by atoms with Gasteiger partial charge in [-0.1, -0.05) is 183 Å². The molecular formula is C43H51N3Si. The van der Waals surface area contributed by atoms with Crippen LogP contribution in [0.5, 0.6) is 0 Å². The Labute approximate surface area is 284 Å². The molecule has 2 N–H and O–H groups in total. The van der Waals surface area contributed by atoms with E-state index in [0.717, 1.165) is 17.1 Å². The highest BCUT2D eigenvalue weighted by atomic mass is 28.3. The summed E-state index contributed by atoms with van der Waals surface area (Å²) < 4.78 is 6.04. The van der Waals surface area contributed by atoms with E-state index in [0.29, 0.717) is 23.7 Å². The van der Waals surface area contributed by atoms with Gasteiger partial charge in [0.05, 0.1) is 0 Å². The zero-order valence-corrected chi connectivity index (χ0v) is 30.4. The highest BCUT2D eigenvalue weighted by Crippen LogP contribution is 2.35. The molecule has 5 aromatic carbocycles. The lowest BCUT2D eigenvalue weighted by molar-refractivity contribution is 0.839. The van der Waals surface area contributed by atoms with Crippen LogP contribution in [0.25, 0.3) is 0 Å². The van der Waals surface area contributed by atoms with Gasteiger partial charge in [-0.25, -0.2) is 0 Å². The minimum atomic E-state index is -3.16. The van der Waals surface area contributed by atoms with E-state index < -0.39 is 8.40 Å². The molecule has 0 bridgehead atoms. The van der Waals surface area contributed by atoms with Crippen molar-refractivity contribution in [2.75, 3.05) is 10.3 Å². The maximum Gasteiger partial charge on any atom is 0.349 e. The summed E-state index contributed by atoms with van der Waals surface area (Å²) in [6, 6.07) is 45.9. The van der Waals surface area contributed by atoms with Crippen LogP contribution in [0.1, 0.15) is 107 Å². The summed E-state index contributed by atoms with van der Waals surface area (Å²) in [4.78, 5) is 4.30. The standard InChI is InChI=1S/C43H51N3Si/c1-30(2)37-26-18-27-38(31(3)4)41(37)44-43(34-20-12-9-13-21-34)46-47(35-22-14-10-15-23-35,36-24-16-11-17-25-36)45-42-39(32(5)6)28-19-29-40(42)33(7)8/h9-33,45H,1-8H3,(H,44,46). The van der Waals surface area contributed by atoms with Crippen LogP contribution in [0.15, 0.2) is 132 Å². The van der Waals surface area contributed by atoms with E-state index in [2.05, 4.69) is 193 Å². The fourth-order valence-corrected chi connectivity index (χ4v) is 9.90. The zero-order chi connectivity index (χ0) is 33.6. The molecule has 0 atom stereocenters. The summed E-state index contributed by atoms with van der Waals surface area (Å²) in [5, 5.41) is 6.40. The van der Waals surface area contributed by atoms with Gasteiger partial charge in [-0.3, -0.25) is 4.66 Å². The summed E-state index contributed by atoms with van der Waals surface area (Å²) >= 11 is 0. The number of nitrogens with zero attached hydrogens (tertiary/aromatic N) is 1. The molecule has 242 valence electrons. The second-order valence-electron chi connectivity index (χ2n) is 13.8. The Morgan fingerprint density at radius 1 is 0.447 bits per heavy atom. The molecule has 0 fully saturated rings. The quantitative estimate of drug-likeness (QED) is 0.0859.